The first-order valence-electron chi connectivity index (χ1n) is 6.17. The maximum absolute atomic E-state index is 13.2. The van der Waals surface area contributed by atoms with Gasteiger partial charge in [0.1, 0.15) is 5.57 Å². The number of rotatable bonds is 2. The van der Waals surface area contributed by atoms with Crippen LogP contribution >= 0.6 is 0 Å². The van der Waals surface area contributed by atoms with Gasteiger partial charge >= 0.3 is 18.9 Å². The number of carbonyl (C=O) groups excluding carboxylic acids is 2. The smallest absolute Gasteiger partial charge is 0.445 e. The molecule has 1 aromatic carbocycles. The zero-order chi connectivity index (χ0) is 16.7. The molecule has 0 N–H and O–H groups in total. The predicted molar refractivity (Wildman–Crippen MR) is 69.4 cm³/mol. The lowest BCUT2D eigenvalue weighted by molar-refractivity contribution is -0.222. The van der Waals surface area contributed by atoms with Crippen LogP contribution in [0.1, 0.15) is 19.4 Å². The van der Waals surface area contributed by atoms with Gasteiger partial charge in [-0.1, -0.05) is 17.6 Å². The molecule has 1 fully saturated rings. The Morgan fingerprint density at radius 2 is 1.64 bits per heavy atom. The van der Waals surface area contributed by atoms with Crippen LogP contribution in [-0.4, -0.2) is 24.7 Å². The zero-order valence-corrected chi connectivity index (χ0v) is 11.5. The van der Waals surface area contributed by atoms with Crippen molar-refractivity contribution in [3.05, 3.63) is 35.2 Å². The Hall–Kier alpha value is -2.32. The minimum Gasteiger partial charge on any atom is -0.445 e. The van der Waals surface area contributed by atoms with Crippen molar-refractivity contribution in [3.8, 4) is 0 Å². The maximum Gasteiger partial charge on any atom is 0.512 e. The molecule has 0 spiro atoms. The standard InChI is InChI=1S/C13H10BF4O4/c1-13(2)21-11(19)8(12(20)22-13)5-7-3-4-10(15)9(6-7)14(16,17)18/h3-6H,1-2H3/q-1. The molecule has 118 valence electrons. The van der Waals surface area contributed by atoms with Gasteiger partial charge in [0.15, 0.2) is 0 Å². The molecule has 0 atom stereocenters. The summed E-state index contributed by atoms with van der Waals surface area (Å²) in [5.41, 5.74) is -2.17. The van der Waals surface area contributed by atoms with E-state index < -0.39 is 41.6 Å². The van der Waals surface area contributed by atoms with Crippen LogP contribution in [0.25, 0.3) is 6.08 Å². The van der Waals surface area contributed by atoms with Gasteiger partial charge in [-0.15, -0.1) is 0 Å². The van der Waals surface area contributed by atoms with E-state index in [4.69, 9.17) is 9.47 Å². The third kappa shape index (κ3) is 3.29. The van der Waals surface area contributed by atoms with Crippen molar-refractivity contribution in [1.29, 1.82) is 0 Å². The van der Waals surface area contributed by atoms with Gasteiger partial charge in [-0.2, -0.15) is 0 Å². The van der Waals surface area contributed by atoms with Crippen LogP contribution in [0, 0.1) is 5.82 Å². The lowest BCUT2D eigenvalue weighted by Crippen LogP contribution is -2.41. The number of hydrogen-bond donors (Lipinski definition) is 0. The largest absolute Gasteiger partial charge is 0.512 e. The summed E-state index contributed by atoms with van der Waals surface area (Å²) in [5, 5.41) is 0. The van der Waals surface area contributed by atoms with E-state index in [0.717, 1.165) is 12.1 Å². The summed E-state index contributed by atoms with van der Waals surface area (Å²) in [6.07, 6.45) is 0.866. The van der Waals surface area contributed by atoms with Crippen LogP contribution in [0.3, 0.4) is 0 Å². The Morgan fingerprint density at radius 1 is 1.09 bits per heavy atom. The molecule has 9 heteroatoms. The fraction of sp³-hybridized carbons (Fsp3) is 0.231. The predicted octanol–water partition coefficient (Wildman–Crippen LogP) is 2.10. The highest BCUT2D eigenvalue weighted by Gasteiger charge is 2.39. The first-order valence-corrected chi connectivity index (χ1v) is 6.17. The molecule has 1 saturated heterocycles. The summed E-state index contributed by atoms with van der Waals surface area (Å²) in [6, 6.07) is 2.14. The van der Waals surface area contributed by atoms with E-state index >= 15 is 0 Å². The first-order chi connectivity index (χ1) is 9.99. The third-order valence-electron chi connectivity index (χ3n) is 2.80. The highest BCUT2D eigenvalue weighted by Crippen LogP contribution is 2.24. The van der Waals surface area contributed by atoms with Crippen LogP contribution in [0.2, 0.25) is 0 Å². The third-order valence-corrected chi connectivity index (χ3v) is 2.80. The Bertz CT molecular complexity index is 657. The number of cyclic esters (lactones) is 2. The number of halogens is 4. The van der Waals surface area contributed by atoms with Gasteiger partial charge in [-0.25, -0.2) is 14.0 Å². The molecule has 0 aromatic heterocycles. The lowest BCUT2D eigenvalue weighted by atomic mass is 9.79. The van der Waals surface area contributed by atoms with Gasteiger partial charge in [0.2, 0.25) is 0 Å². The Kier molecular flexibility index (Phi) is 3.76. The van der Waals surface area contributed by atoms with E-state index in [1.54, 1.807) is 0 Å². The molecule has 2 rings (SSSR count). The van der Waals surface area contributed by atoms with Gasteiger partial charge in [0.05, 0.1) is 5.82 Å². The van der Waals surface area contributed by atoms with Crippen molar-refractivity contribution in [2.24, 2.45) is 0 Å². The van der Waals surface area contributed by atoms with Crippen molar-refractivity contribution in [2.75, 3.05) is 0 Å². The Morgan fingerprint density at radius 3 is 2.14 bits per heavy atom. The van der Waals surface area contributed by atoms with Gasteiger partial charge in [-0.05, 0) is 17.7 Å². The van der Waals surface area contributed by atoms with Crippen LogP contribution < -0.4 is 5.46 Å². The molecule has 1 aliphatic heterocycles. The Labute approximate surface area is 122 Å². The van der Waals surface area contributed by atoms with Crippen molar-refractivity contribution < 1.29 is 36.4 Å². The molecular weight excluding hydrogens is 307 g/mol. The summed E-state index contributed by atoms with van der Waals surface area (Å²) < 4.78 is 60.8. The SMILES string of the molecule is CC1(C)OC(=O)C(=Cc2ccc(F)c([B-](F)(F)F)c2)C(=O)O1. The average Bonchev–Trinajstić information content (AvgIpc) is 2.33. The fourth-order valence-corrected chi connectivity index (χ4v) is 1.85. The monoisotopic (exact) mass is 317 g/mol. The minimum absolute atomic E-state index is 0.167. The quantitative estimate of drug-likeness (QED) is 0.276. The molecular formula is C13H10BF4O4-. The second-order valence-corrected chi connectivity index (χ2v) is 5.09. The summed E-state index contributed by atoms with van der Waals surface area (Å²) in [7, 11) is 0. The number of hydrogen-bond acceptors (Lipinski definition) is 4. The molecule has 0 aliphatic carbocycles. The molecule has 0 unspecified atom stereocenters. The molecule has 4 nitrogen and oxygen atoms in total. The lowest BCUT2D eigenvalue weighted by Gasteiger charge is -2.29. The molecule has 0 saturated carbocycles. The zero-order valence-electron chi connectivity index (χ0n) is 11.5. The van der Waals surface area contributed by atoms with E-state index in [1.165, 1.54) is 13.8 Å². The normalized spacial score (nSPS) is 17.8. The second-order valence-electron chi connectivity index (χ2n) is 5.09. The van der Waals surface area contributed by atoms with Crippen LogP contribution in [-0.2, 0) is 19.1 Å². The van der Waals surface area contributed by atoms with Gasteiger partial charge in [-0.3, -0.25) is 0 Å². The van der Waals surface area contributed by atoms with E-state index in [-0.39, 0.29) is 5.56 Å². The molecule has 0 radical (unpaired) electrons. The topological polar surface area (TPSA) is 52.6 Å². The number of carbonyl (C=O) groups is 2. The van der Waals surface area contributed by atoms with Gasteiger partial charge in [0, 0.05) is 13.8 Å². The summed E-state index contributed by atoms with van der Waals surface area (Å²) in [6.45, 7) is -2.89. The fourth-order valence-electron chi connectivity index (χ4n) is 1.85. The average molecular weight is 317 g/mol. The number of esters is 2. The van der Waals surface area contributed by atoms with Crippen molar-refractivity contribution >= 4 is 30.5 Å². The summed E-state index contributed by atoms with van der Waals surface area (Å²) >= 11 is 0. The van der Waals surface area contributed by atoms with Crippen LogP contribution in [0.4, 0.5) is 17.3 Å². The van der Waals surface area contributed by atoms with Crippen molar-refractivity contribution in [3.63, 3.8) is 0 Å². The van der Waals surface area contributed by atoms with Crippen molar-refractivity contribution in [1.82, 2.24) is 0 Å². The minimum atomic E-state index is -5.56. The number of ether oxygens (including phenoxy) is 2. The molecule has 0 bridgehead atoms. The second kappa shape index (κ2) is 5.15. The number of benzene rings is 1. The molecule has 1 heterocycles. The highest BCUT2D eigenvalue weighted by molar-refractivity contribution is 6.73. The van der Waals surface area contributed by atoms with E-state index in [0.29, 0.717) is 12.1 Å². The summed E-state index contributed by atoms with van der Waals surface area (Å²) in [4.78, 5) is 23.4. The van der Waals surface area contributed by atoms with Gasteiger partial charge in [0.25, 0.3) is 5.79 Å². The van der Waals surface area contributed by atoms with E-state index in [9.17, 15) is 26.9 Å². The van der Waals surface area contributed by atoms with Crippen molar-refractivity contribution in [2.45, 2.75) is 19.6 Å². The summed E-state index contributed by atoms with van der Waals surface area (Å²) in [5.74, 6) is -4.92. The maximum atomic E-state index is 13.2. The Balaban J connectivity index is 2.42. The van der Waals surface area contributed by atoms with E-state index in [2.05, 4.69) is 0 Å². The van der Waals surface area contributed by atoms with E-state index in [1.807, 2.05) is 0 Å². The molecule has 0 amide bonds. The highest BCUT2D eigenvalue weighted by atomic mass is 19.4. The van der Waals surface area contributed by atoms with Crippen LogP contribution in [0.15, 0.2) is 23.8 Å². The first kappa shape index (κ1) is 16.1. The van der Waals surface area contributed by atoms with Crippen LogP contribution in [0.5, 0.6) is 0 Å². The molecule has 1 aromatic rings. The molecule has 1 aliphatic rings. The van der Waals surface area contributed by atoms with Gasteiger partial charge < -0.3 is 22.4 Å². The molecule has 22 heavy (non-hydrogen) atoms.